The Labute approximate surface area is 78.4 Å². The molecular weight excluding hydrogens is 164 g/mol. The SMILES string of the molecule is CCN(C)c1ccc(NC=O)cc1. The Kier molecular flexibility index (Phi) is 3.31. The summed E-state index contributed by atoms with van der Waals surface area (Å²) in [5.41, 5.74) is 1.97. The number of rotatable bonds is 4. The van der Waals surface area contributed by atoms with Crippen molar-refractivity contribution in [3.8, 4) is 0 Å². The van der Waals surface area contributed by atoms with Crippen molar-refractivity contribution in [3.05, 3.63) is 24.3 Å². The minimum atomic E-state index is 0.679. The predicted molar refractivity (Wildman–Crippen MR) is 55.1 cm³/mol. The summed E-state index contributed by atoms with van der Waals surface area (Å²) in [6.45, 7) is 3.07. The molecule has 13 heavy (non-hydrogen) atoms. The van der Waals surface area contributed by atoms with E-state index in [-0.39, 0.29) is 0 Å². The third-order valence-corrected chi connectivity index (χ3v) is 2.01. The Morgan fingerprint density at radius 2 is 2.00 bits per heavy atom. The number of benzene rings is 1. The van der Waals surface area contributed by atoms with Crippen LogP contribution in [0, 0.1) is 0 Å². The van der Waals surface area contributed by atoms with Gasteiger partial charge in [0.15, 0.2) is 0 Å². The summed E-state index contributed by atoms with van der Waals surface area (Å²) >= 11 is 0. The highest BCUT2D eigenvalue weighted by molar-refractivity contribution is 5.72. The summed E-state index contributed by atoms with van der Waals surface area (Å²) in [7, 11) is 2.03. The van der Waals surface area contributed by atoms with Crippen LogP contribution in [-0.2, 0) is 4.79 Å². The van der Waals surface area contributed by atoms with Gasteiger partial charge in [0.1, 0.15) is 0 Å². The molecule has 0 aromatic heterocycles. The number of anilines is 2. The lowest BCUT2D eigenvalue weighted by Gasteiger charge is -2.16. The van der Waals surface area contributed by atoms with E-state index >= 15 is 0 Å². The fourth-order valence-corrected chi connectivity index (χ4v) is 1.06. The molecule has 1 rings (SSSR count). The third kappa shape index (κ3) is 2.47. The van der Waals surface area contributed by atoms with Crippen LogP contribution in [0.15, 0.2) is 24.3 Å². The first kappa shape index (κ1) is 9.58. The molecular formula is C10H14N2O. The molecule has 0 radical (unpaired) electrons. The Hall–Kier alpha value is -1.51. The minimum Gasteiger partial charge on any atom is -0.375 e. The van der Waals surface area contributed by atoms with Crippen LogP contribution in [0.25, 0.3) is 0 Å². The Bertz CT molecular complexity index is 269. The molecule has 1 amide bonds. The number of amides is 1. The van der Waals surface area contributed by atoms with Crippen molar-refractivity contribution in [2.75, 3.05) is 23.8 Å². The van der Waals surface area contributed by atoms with Gasteiger partial charge in [-0.2, -0.15) is 0 Å². The smallest absolute Gasteiger partial charge is 0.211 e. The summed E-state index contributed by atoms with van der Waals surface area (Å²) in [6.07, 6.45) is 0.679. The van der Waals surface area contributed by atoms with E-state index in [0.29, 0.717) is 6.41 Å². The summed E-state index contributed by atoms with van der Waals surface area (Å²) in [5, 5.41) is 2.59. The standard InChI is InChI=1S/C10H14N2O/c1-3-12(2)10-6-4-9(5-7-10)11-8-13/h4-8H,3H2,1-2H3,(H,11,13). The number of hydrogen-bond acceptors (Lipinski definition) is 2. The van der Waals surface area contributed by atoms with Gasteiger partial charge in [-0.3, -0.25) is 4.79 Å². The molecule has 0 bridgehead atoms. The number of hydrogen-bond donors (Lipinski definition) is 1. The van der Waals surface area contributed by atoms with Crippen molar-refractivity contribution >= 4 is 17.8 Å². The summed E-state index contributed by atoms with van der Waals surface area (Å²) in [5.74, 6) is 0. The van der Waals surface area contributed by atoms with E-state index < -0.39 is 0 Å². The minimum absolute atomic E-state index is 0.679. The van der Waals surface area contributed by atoms with E-state index in [1.54, 1.807) is 0 Å². The van der Waals surface area contributed by atoms with Crippen molar-refractivity contribution in [2.45, 2.75) is 6.92 Å². The van der Waals surface area contributed by atoms with Gasteiger partial charge >= 0.3 is 0 Å². The van der Waals surface area contributed by atoms with Gasteiger partial charge in [0.25, 0.3) is 0 Å². The van der Waals surface area contributed by atoms with Crippen molar-refractivity contribution in [2.24, 2.45) is 0 Å². The highest BCUT2D eigenvalue weighted by Gasteiger charge is 1.96. The quantitative estimate of drug-likeness (QED) is 0.712. The lowest BCUT2D eigenvalue weighted by atomic mass is 10.2. The topological polar surface area (TPSA) is 32.3 Å². The first-order chi connectivity index (χ1) is 6.27. The van der Waals surface area contributed by atoms with Crippen molar-refractivity contribution in [1.29, 1.82) is 0 Å². The third-order valence-electron chi connectivity index (χ3n) is 2.01. The molecule has 3 nitrogen and oxygen atoms in total. The van der Waals surface area contributed by atoms with Gasteiger partial charge in [-0.25, -0.2) is 0 Å². The molecule has 1 aromatic rings. The summed E-state index contributed by atoms with van der Waals surface area (Å²) in [6, 6.07) is 7.73. The van der Waals surface area contributed by atoms with Gasteiger partial charge in [0, 0.05) is 25.0 Å². The highest BCUT2D eigenvalue weighted by atomic mass is 16.1. The van der Waals surface area contributed by atoms with E-state index in [9.17, 15) is 4.79 Å². The van der Waals surface area contributed by atoms with Gasteiger partial charge in [0.05, 0.1) is 0 Å². The number of carbonyl (C=O) groups excluding carboxylic acids is 1. The van der Waals surface area contributed by atoms with Crippen LogP contribution < -0.4 is 10.2 Å². The largest absolute Gasteiger partial charge is 0.375 e. The molecule has 3 heteroatoms. The van der Waals surface area contributed by atoms with Crippen LogP contribution in [0.2, 0.25) is 0 Å². The maximum absolute atomic E-state index is 10.1. The first-order valence-corrected chi connectivity index (χ1v) is 4.29. The van der Waals surface area contributed by atoms with Crippen molar-refractivity contribution in [1.82, 2.24) is 0 Å². The van der Waals surface area contributed by atoms with Crippen LogP contribution >= 0.6 is 0 Å². The second kappa shape index (κ2) is 4.50. The molecule has 0 fully saturated rings. The Balaban J connectivity index is 2.74. The fraction of sp³-hybridized carbons (Fsp3) is 0.300. The average molecular weight is 178 g/mol. The molecule has 0 aliphatic rings. The van der Waals surface area contributed by atoms with Crippen molar-refractivity contribution in [3.63, 3.8) is 0 Å². The van der Waals surface area contributed by atoms with Gasteiger partial charge in [0.2, 0.25) is 6.41 Å². The number of nitrogens with zero attached hydrogens (tertiary/aromatic N) is 1. The van der Waals surface area contributed by atoms with Crippen LogP contribution in [0.1, 0.15) is 6.92 Å². The van der Waals surface area contributed by atoms with E-state index in [1.807, 2.05) is 31.3 Å². The average Bonchev–Trinajstić information content (AvgIpc) is 2.18. The van der Waals surface area contributed by atoms with Gasteiger partial charge in [-0.05, 0) is 31.2 Å². The monoisotopic (exact) mass is 178 g/mol. The molecule has 0 aliphatic heterocycles. The van der Waals surface area contributed by atoms with Gasteiger partial charge < -0.3 is 10.2 Å². The van der Waals surface area contributed by atoms with Crippen LogP contribution in [0.5, 0.6) is 0 Å². The highest BCUT2D eigenvalue weighted by Crippen LogP contribution is 2.15. The van der Waals surface area contributed by atoms with Gasteiger partial charge in [-0.1, -0.05) is 0 Å². The zero-order valence-corrected chi connectivity index (χ0v) is 7.95. The van der Waals surface area contributed by atoms with Crippen LogP contribution in [0.4, 0.5) is 11.4 Å². The molecule has 0 atom stereocenters. The van der Waals surface area contributed by atoms with Crippen molar-refractivity contribution < 1.29 is 4.79 Å². The zero-order valence-electron chi connectivity index (χ0n) is 7.95. The molecule has 0 saturated carbocycles. The molecule has 0 heterocycles. The van der Waals surface area contributed by atoms with E-state index in [1.165, 1.54) is 0 Å². The molecule has 70 valence electrons. The van der Waals surface area contributed by atoms with E-state index in [4.69, 9.17) is 0 Å². The second-order valence-electron chi connectivity index (χ2n) is 2.82. The molecule has 0 spiro atoms. The van der Waals surface area contributed by atoms with Crippen LogP contribution in [-0.4, -0.2) is 20.0 Å². The number of carbonyl (C=O) groups is 1. The molecule has 0 aliphatic carbocycles. The molecule has 1 N–H and O–H groups in total. The molecule has 1 aromatic carbocycles. The second-order valence-corrected chi connectivity index (χ2v) is 2.82. The Morgan fingerprint density at radius 3 is 2.46 bits per heavy atom. The van der Waals surface area contributed by atoms with Crippen LogP contribution in [0.3, 0.4) is 0 Å². The predicted octanol–water partition coefficient (Wildman–Crippen LogP) is 1.71. The van der Waals surface area contributed by atoms with E-state index in [2.05, 4.69) is 17.1 Å². The van der Waals surface area contributed by atoms with Gasteiger partial charge in [-0.15, -0.1) is 0 Å². The maximum Gasteiger partial charge on any atom is 0.211 e. The lowest BCUT2D eigenvalue weighted by molar-refractivity contribution is -0.105. The molecule has 0 saturated heterocycles. The number of nitrogens with one attached hydrogen (secondary N) is 1. The zero-order chi connectivity index (χ0) is 9.68. The maximum atomic E-state index is 10.1. The normalized spacial score (nSPS) is 9.38. The Morgan fingerprint density at radius 1 is 1.38 bits per heavy atom. The molecule has 0 unspecified atom stereocenters. The summed E-state index contributed by atoms with van der Waals surface area (Å²) in [4.78, 5) is 12.3. The summed E-state index contributed by atoms with van der Waals surface area (Å²) < 4.78 is 0. The fourth-order valence-electron chi connectivity index (χ4n) is 1.06. The first-order valence-electron chi connectivity index (χ1n) is 4.29. The van der Waals surface area contributed by atoms with E-state index in [0.717, 1.165) is 17.9 Å². The lowest BCUT2D eigenvalue weighted by Crippen LogP contribution is -2.15.